The van der Waals surface area contributed by atoms with Crippen LogP contribution in [0.4, 0.5) is 4.39 Å². The third-order valence-electron chi connectivity index (χ3n) is 4.13. The second-order valence-electron chi connectivity index (χ2n) is 5.51. The van der Waals surface area contributed by atoms with Crippen molar-refractivity contribution in [1.82, 2.24) is 5.32 Å². The lowest BCUT2D eigenvalue weighted by Crippen LogP contribution is -2.55. The first-order chi connectivity index (χ1) is 8.37. The second kappa shape index (κ2) is 4.99. The third kappa shape index (κ3) is 2.26. The van der Waals surface area contributed by atoms with Gasteiger partial charge in [-0.2, -0.15) is 0 Å². The summed E-state index contributed by atoms with van der Waals surface area (Å²) in [7, 11) is 0. The van der Waals surface area contributed by atoms with E-state index in [0.717, 1.165) is 18.5 Å². The number of benzene rings is 1. The van der Waals surface area contributed by atoms with Gasteiger partial charge in [0.25, 0.3) is 0 Å². The van der Waals surface area contributed by atoms with Gasteiger partial charge in [0.1, 0.15) is 5.82 Å². The molecule has 1 aromatic rings. The summed E-state index contributed by atoms with van der Waals surface area (Å²) < 4.78 is 13.6. The summed E-state index contributed by atoms with van der Waals surface area (Å²) in [6, 6.07) is 3.45. The van der Waals surface area contributed by atoms with E-state index in [-0.39, 0.29) is 16.4 Å². The predicted octanol–water partition coefficient (Wildman–Crippen LogP) is 4.62. The van der Waals surface area contributed by atoms with Crippen molar-refractivity contribution >= 4 is 23.2 Å². The van der Waals surface area contributed by atoms with Gasteiger partial charge in [0.15, 0.2) is 0 Å². The highest BCUT2D eigenvalue weighted by atomic mass is 35.5. The highest BCUT2D eigenvalue weighted by molar-refractivity contribution is 6.35. The highest BCUT2D eigenvalue weighted by Crippen LogP contribution is 2.54. The molecule has 0 saturated heterocycles. The first-order valence-corrected chi connectivity index (χ1v) is 7.01. The van der Waals surface area contributed by atoms with Crippen LogP contribution >= 0.6 is 23.2 Å². The Morgan fingerprint density at radius 3 is 2.56 bits per heavy atom. The number of rotatable bonds is 3. The van der Waals surface area contributed by atoms with E-state index in [0.29, 0.717) is 11.1 Å². The van der Waals surface area contributed by atoms with Crippen molar-refractivity contribution in [2.45, 2.75) is 39.2 Å². The zero-order valence-corrected chi connectivity index (χ0v) is 12.4. The van der Waals surface area contributed by atoms with Crippen LogP contribution in [-0.4, -0.2) is 12.6 Å². The first-order valence-electron chi connectivity index (χ1n) is 6.25. The maximum Gasteiger partial charge on any atom is 0.142 e. The van der Waals surface area contributed by atoms with Gasteiger partial charge in [-0.05, 0) is 42.0 Å². The van der Waals surface area contributed by atoms with Crippen LogP contribution in [0.25, 0.3) is 0 Å². The summed E-state index contributed by atoms with van der Waals surface area (Å²) in [5.74, 6) is -0.111. The normalized spacial score (nSPS) is 25.9. The van der Waals surface area contributed by atoms with Gasteiger partial charge in [0.2, 0.25) is 0 Å². The molecule has 18 heavy (non-hydrogen) atoms. The van der Waals surface area contributed by atoms with E-state index in [9.17, 15) is 4.39 Å². The Morgan fingerprint density at radius 2 is 2.00 bits per heavy atom. The quantitative estimate of drug-likeness (QED) is 0.801. The Kier molecular flexibility index (Phi) is 3.91. The van der Waals surface area contributed by atoms with Crippen molar-refractivity contribution in [1.29, 1.82) is 0 Å². The molecule has 100 valence electrons. The van der Waals surface area contributed by atoms with Gasteiger partial charge in [-0.1, -0.05) is 44.0 Å². The Labute approximate surface area is 118 Å². The van der Waals surface area contributed by atoms with Crippen LogP contribution in [0, 0.1) is 11.2 Å². The predicted molar refractivity (Wildman–Crippen MR) is 75.0 cm³/mol. The van der Waals surface area contributed by atoms with Crippen molar-refractivity contribution in [2.75, 3.05) is 6.54 Å². The molecular weight excluding hydrogens is 272 g/mol. The molecule has 0 aromatic heterocycles. The van der Waals surface area contributed by atoms with Crippen molar-refractivity contribution in [3.05, 3.63) is 33.6 Å². The summed E-state index contributed by atoms with van der Waals surface area (Å²) >= 11 is 11.9. The Morgan fingerprint density at radius 1 is 1.33 bits per heavy atom. The fourth-order valence-electron chi connectivity index (χ4n) is 2.85. The third-order valence-corrected chi connectivity index (χ3v) is 4.75. The largest absolute Gasteiger partial charge is 0.314 e. The van der Waals surface area contributed by atoms with E-state index in [2.05, 4.69) is 26.1 Å². The van der Waals surface area contributed by atoms with Gasteiger partial charge in [-0.3, -0.25) is 0 Å². The molecule has 0 aliphatic heterocycles. The van der Waals surface area contributed by atoms with Crippen LogP contribution in [0.2, 0.25) is 10.0 Å². The maximum atomic E-state index is 13.6. The lowest BCUT2D eigenvalue weighted by atomic mass is 9.56. The summed E-state index contributed by atoms with van der Waals surface area (Å²) in [5, 5.41) is 4.11. The van der Waals surface area contributed by atoms with Crippen LogP contribution in [0.3, 0.4) is 0 Å². The van der Waals surface area contributed by atoms with Crippen molar-refractivity contribution in [2.24, 2.45) is 5.41 Å². The van der Waals surface area contributed by atoms with Gasteiger partial charge in [-0.25, -0.2) is 4.39 Å². The molecule has 1 nitrogen and oxygen atoms in total. The van der Waals surface area contributed by atoms with Crippen molar-refractivity contribution in [3.8, 4) is 0 Å². The Hall–Kier alpha value is -0.310. The molecule has 0 spiro atoms. The highest BCUT2D eigenvalue weighted by Gasteiger charge is 2.48. The van der Waals surface area contributed by atoms with Crippen molar-refractivity contribution < 1.29 is 4.39 Å². The van der Waals surface area contributed by atoms with E-state index in [1.54, 1.807) is 0 Å². The molecule has 1 aromatic carbocycles. The van der Waals surface area contributed by atoms with Gasteiger partial charge in [0, 0.05) is 11.1 Å². The fourth-order valence-corrected chi connectivity index (χ4v) is 3.37. The lowest BCUT2D eigenvalue weighted by molar-refractivity contribution is 0.0705. The van der Waals surface area contributed by atoms with Gasteiger partial charge < -0.3 is 5.32 Å². The van der Waals surface area contributed by atoms with Crippen LogP contribution in [0.15, 0.2) is 12.1 Å². The van der Waals surface area contributed by atoms with Crippen LogP contribution in [0.5, 0.6) is 0 Å². The standard InChI is InChI=1S/C14H18Cl2FN/c1-4-18-13-6-9(14(13,2)3)8-5-12(17)11(16)7-10(8)15/h5,7,9,13,18H,4,6H2,1-3H3. The Bertz CT molecular complexity index is 459. The molecule has 0 amide bonds. The minimum atomic E-state index is -0.390. The first kappa shape index (κ1) is 14.1. The topological polar surface area (TPSA) is 12.0 Å². The number of hydrogen-bond donors (Lipinski definition) is 1. The van der Waals surface area contributed by atoms with Gasteiger partial charge in [0.05, 0.1) is 5.02 Å². The van der Waals surface area contributed by atoms with Crippen LogP contribution in [0.1, 0.15) is 38.7 Å². The molecule has 2 unspecified atom stereocenters. The lowest BCUT2D eigenvalue weighted by Gasteiger charge is -2.53. The molecule has 2 rings (SSSR count). The number of hydrogen-bond acceptors (Lipinski definition) is 1. The minimum Gasteiger partial charge on any atom is -0.314 e. The average Bonchev–Trinajstić information content (AvgIpc) is 2.30. The summed E-state index contributed by atoms with van der Waals surface area (Å²) in [5.41, 5.74) is 0.956. The maximum absolute atomic E-state index is 13.6. The van der Waals surface area contributed by atoms with Crippen LogP contribution in [-0.2, 0) is 0 Å². The van der Waals surface area contributed by atoms with Crippen LogP contribution < -0.4 is 5.32 Å². The van der Waals surface area contributed by atoms with Gasteiger partial charge >= 0.3 is 0 Å². The zero-order valence-electron chi connectivity index (χ0n) is 10.9. The van der Waals surface area contributed by atoms with E-state index >= 15 is 0 Å². The zero-order chi connectivity index (χ0) is 13.5. The molecule has 1 fully saturated rings. The van der Waals surface area contributed by atoms with Crippen molar-refractivity contribution in [3.63, 3.8) is 0 Å². The molecule has 1 saturated carbocycles. The minimum absolute atomic E-state index is 0.0833. The average molecular weight is 290 g/mol. The second-order valence-corrected chi connectivity index (χ2v) is 6.32. The molecule has 1 aliphatic rings. The molecule has 4 heteroatoms. The monoisotopic (exact) mass is 289 g/mol. The smallest absolute Gasteiger partial charge is 0.142 e. The molecule has 0 radical (unpaired) electrons. The molecule has 0 heterocycles. The molecule has 0 bridgehead atoms. The van der Waals surface area contributed by atoms with E-state index in [1.165, 1.54) is 12.1 Å². The molecule has 1 aliphatic carbocycles. The Balaban J connectivity index is 2.27. The number of halogens is 3. The summed E-state index contributed by atoms with van der Waals surface area (Å²) in [6.45, 7) is 7.43. The van der Waals surface area contributed by atoms with E-state index < -0.39 is 5.82 Å². The summed E-state index contributed by atoms with van der Waals surface area (Å²) in [4.78, 5) is 0. The SMILES string of the molecule is CCNC1CC(c2cc(F)c(Cl)cc2Cl)C1(C)C. The van der Waals surface area contributed by atoms with E-state index in [1.807, 2.05) is 0 Å². The molecule has 2 atom stereocenters. The fraction of sp³-hybridized carbons (Fsp3) is 0.571. The van der Waals surface area contributed by atoms with Gasteiger partial charge in [-0.15, -0.1) is 0 Å². The molecular formula is C14H18Cl2FN. The number of nitrogens with one attached hydrogen (secondary N) is 1. The summed E-state index contributed by atoms with van der Waals surface area (Å²) in [6.07, 6.45) is 0.988. The van der Waals surface area contributed by atoms with E-state index in [4.69, 9.17) is 23.2 Å². The molecule has 1 N–H and O–H groups in total.